The number of rotatable bonds is 5. The molecule has 0 saturated heterocycles. The molecule has 0 fully saturated rings. The van der Waals surface area contributed by atoms with Gasteiger partial charge in [-0.25, -0.2) is 0 Å². The van der Waals surface area contributed by atoms with E-state index in [4.69, 9.17) is 4.84 Å². The van der Waals surface area contributed by atoms with Crippen molar-refractivity contribution in [3.05, 3.63) is 36.0 Å². The largest absolute Gasteiger partial charge is 0.361 e. The zero-order valence-electron chi connectivity index (χ0n) is 11.6. The summed E-state index contributed by atoms with van der Waals surface area (Å²) in [7, 11) is 0. The lowest BCUT2D eigenvalue weighted by molar-refractivity contribution is -0.121. The minimum Gasteiger partial charge on any atom is -0.361 e. The number of aromatic nitrogens is 1. The Balaban J connectivity index is 2.08. The average Bonchev–Trinajstić information content (AvgIpc) is 2.77. The molecule has 1 unspecified atom stereocenters. The fourth-order valence-corrected chi connectivity index (χ4v) is 1.91. The summed E-state index contributed by atoms with van der Waals surface area (Å²) in [6, 6.07) is 7.70. The molecule has 0 amide bonds. The first-order valence-electron chi connectivity index (χ1n) is 6.43. The van der Waals surface area contributed by atoms with Crippen molar-refractivity contribution >= 4 is 17.2 Å². The van der Waals surface area contributed by atoms with Crippen LogP contribution in [0.1, 0.15) is 26.3 Å². The van der Waals surface area contributed by atoms with E-state index in [9.17, 15) is 4.79 Å². The summed E-state index contributed by atoms with van der Waals surface area (Å²) in [6.07, 6.45) is 3.43. The van der Waals surface area contributed by atoms with Crippen LogP contribution in [0.2, 0.25) is 0 Å². The second kappa shape index (κ2) is 5.55. The molecule has 0 aliphatic heterocycles. The Morgan fingerprint density at radius 1 is 1.37 bits per heavy atom. The predicted molar refractivity (Wildman–Crippen MR) is 75.8 cm³/mol. The molecule has 2 N–H and O–H groups in total. The summed E-state index contributed by atoms with van der Waals surface area (Å²) in [6.45, 7) is 5.81. The van der Waals surface area contributed by atoms with Gasteiger partial charge in [-0.3, -0.25) is 4.84 Å². The first-order valence-corrected chi connectivity index (χ1v) is 6.43. The molecule has 4 heteroatoms. The van der Waals surface area contributed by atoms with E-state index in [2.05, 4.69) is 10.5 Å². The molecule has 1 atom stereocenters. The number of H-pyrrole nitrogens is 1. The molecule has 0 radical (unpaired) electrons. The number of aromatic amines is 1. The quantitative estimate of drug-likeness (QED) is 0.642. The lowest BCUT2D eigenvalue weighted by Gasteiger charge is -2.22. The Morgan fingerprint density at radius 2 is 2.11 bits per heavy atom. The number of hydrogen-bond acceptors (Lipinski definition) is 3. The molecule has 2 rings (SSSR count). The van der Waals surface area contributed by atoms with Gasteiger partial charge < -0.3 is 9.78 Å². The fourth-order valence-electron chi connectivity index (χ4n) is 1.91. The fraction of sp³-hybridized carbons (Fsp3) is 0.400. The van der Waals surface area contributed by atoms with Crippen LogP contribution in [-0.4, -0.2) is 22.9 Å². The molecule has 102 valence electrons. The topological polar surface area (TPSA) is 54.1 Å². The van der Waals surface area contributed by atoms with Gasteiger partial charge in [0, 0.05) is 17.1 Å². The Hall–Kier alpha value is -1.65. The summed E-state index contributed by atoms with van der Waals surface area (Å²) in [5.74, 6) is 0. The summed E-state index contributed by atoms with van der Waals surface area (Å²) in [5, 5.41) is 1.15. The number of para-hydroxylation sites is 1. The number of benzene rings is 1. The van der Waals surface area contributed by atoms with Gasteiger partial charge in [-0.1, -0.05) is 18.2 Å². The molecule has 1 aromatic heterocycles. The van der Waals surface area contributed by atoms with E-state index >= 15 is 0 Å². The number of nitrogens with one attached hydrogen (secondary N) is 2. The molecule has 0 aliphatic rings. The minimum absolute atomic E-state index is 0.318. The summed E-state index contributed by atoms with van der Waals surface area (Å²) in [4.78, 5) is 19.8. The standard InChI is InChI=1S/C15H20N2O2/c1-15(2,3)19-17-12(10-18)8-11-9-16-14-7-5-4-6-13(11)14/h4-7,9-10,12,16-17H,8H2,1-3H3. The van der Waals surface area contributed by atoms with E-state index in [1.165, 1.54) is 0 Å². The van der Waals surface area contributed by atoms with Gasteiger partial charge in [-0.2, -0.15) is 5.48 Å². The third-order valence-corrected chi connectivity index (χ3v) is 2.80. The van der Waals surface area contributed by atoms with E-state index in [0.29, 0.717) is 6.42 Å². The Labute approximate surface area is 113 Å². The number of carbonyl (C=O) groups excluding carboxylic acids is 1. The second-order valence-corrected chi connectivity index (χ2v) is 5.64. The molecule has 0 saturated carbocycles. The van der Waals surface area contributed by atoms with E-state index in [-0.39, 0.29) is 11.6 Å². The maximum Gasteiger partial charge on any atom is 0.139 e. The number of fused-ring (bicyclic) bond motifs is 1. The SMILES string of the molecule is CC(C)(C)ONC(C=O)Cc1c[nH]c2ccccc12. The minimum atomic E-state index is -0.349. The van der Waals surface area contributed by atoms with Crippen molar-refractivity contribution in [2.24, 2.45) is 0 Å². The van der Waals surface area contributed by atoms with E-state index in [1.54, 1.807) is 0 Å². The van der Waals surface area contributed by atoms with Crippen LogP contribution in [0, 0.1) is 0 Å². The van der Waals surface area contributed by atoms with Crippen LogP contribution in [-0.2, 0) is 16.1 Å². The highest BCUT2D eigenvalue weighted by molar-refractivity contribution is 5.83. The van der Waals surface area contributed by atoms with Crippen LogP contribution in [0.25, 0.3) is 10.9 Å². The molecular weight excluding hydrogens is 240 g/mol. The zero-order valence-corrected chi connectivity index (χ0v) is 11.6. The van der Waals surface area contributed by atoms with Gasteiger partial charge in [-0.05, 0) is 38.8 Å². The van der Waals surface area contributed by atoms with Crippen LogP contribution < -0.4 is 5.48 Å². The lowest BCUT2D eigenvalue weighted by atomic mass is 10.1. The van der Waals surface area contributed by atoms with Gasteiger partial charge in [0.25, 0.3) is 0 Å². The van der Waals surface area contributed by atoms with Crippen molar-refractivity contribution < 1.29 is 9.63 Å². The predicted octanol–water partition coefficient (Wildman–Crippen LogP) is 2.60. The number of hydroxylamine groups is 1. The number of hydrogen-bond donors (Lipinski definition) is 2. The Kier molecular flexibility index (Phi) is 4.02. The van der Waals surface area contributed by atoms with E-state index in [1.807, 2.05) is 51.2 Å². The molecule has 4 nitrogen and oxygen atoms in total. The summed E-state index contributed by atoms with van der Waals surface area (Å²) in [5.41, 5.74) is 4.70. The molecule has 1 aromatic carbocycles. The first-order chi connectivity index (χ1) is 8.99. The Morgan fingerprint density at radius 3 is 2.79 bits per heavy atom. The van der Waals surface area contributed by atoms with Crippen LogP contribution in [0.3, 0.4) is 0 Å². The summed E-state index contributed by atoms with van der Waals surface area (Å²) < 4.78 is 0. The molecule has 19 heavy (non-hydrogen) atoms. The smallest absolute Gasteiger partial charge is 0.139 e. The van der Waals surface area contributed by atoms with Crippen molar-refractivity contribution in [1.29, 1.82) is 0 Å². The molecule has 2 aromatic rings. The third-order valence-electron chi connectivity index (χ3n) is 2.80. The van der Waals surface area contributed by atoms with Gasteiger partial charge in [0.05, 0.1) is 11.6 Å². The van der Waals surface area contributed by atoms with Gasteiger partial charge in [0.15, 0.2) is 0 Å². The first kappa shape index (κ1) is 13.8. The average molecular weight is 260 g/mol. The van der Waals surface area contributed by atoms with Crippen molar-refractivity contribution in [1.82, 2.24) is 10.5 Å². The van der Waals surface area contributed by atoms with Crippen molar-refractivity contribution in [2.45, 2.75) is 38.8 Å². The van der Waals surface area contributed by atoms with Crippen LogP contribution in [0.15, 0.2) is 30.5 Å². The molecule has 0 aliphatic carbocycles. The number of carbonyl (C=O) groups is 1. The zero-order chi connectivity index (χ0) is 13.9. The van der Waals surface area contributed by atoms with Crippen LogP contribution in [0.4, 0.5) is 0 Å². The highest BCUT2D eigenvalue weighted by Crippen LogP contribution is 2.19. The number of aldehydes is 1. The molecular formula is C15H20N2O2. The van der Waals surface area contributed by atoms with Crippen molar-refractivity contribution in [3.63, 3.8) is 0 Å². The highest BCUT2D eigenvalue weighted by Gasteiger charge is 2.16. The molecule has 0 bridgehead atoms. The normalized spacial score (nSPS) is 13.6. The van der Waals surface area contributed by atoms with E-state index in [0.717, 1.165) is 22.8 Å². The van der Waals surface area contributed by atoms with Gasteiger partial charge >= 0.3 is 0 Å². The van der Waals surface area contributed by atoms with E-state index < -0.39 is 0 Å². The molecule has 1 heterocycles. The van der Waals surface area contributed by atoms with Crippen molar-refractivity contribution in [3.8, 4) is 0 Å². The maximum atomic E-state index is 11.1. The summed E-state index contributed by atoms with van der Waals surface area (Å²) >= 11 is 0. The Bertz CT molecular complexity index is 555. The van der Waals surface area contributed by atoms with Gasteiger partial charge in [-0.15, -0.1) is 0 Å². The van der Waals surface area contributed by atoms with Crippen LogP contribution in [0.5, 0.6) is 0 Å². The van der Waals surface area contributed by atoms with Gasteiger partial charge in [0.1, 0.15) is 6.29 Å². The third kappa shape index (κ3) is 3.66. The highest BCUT2D eigenvalue weighted by atomic mass is 16.7. The maximum absolute atomic E-state index is 11.1. The van der Waals surface area contributed by atoms with Crippen molar-refractivity contribution in [2.75, 3.05) is 0 Å². The molecule has 0 spiro atoms. The monoisotopic (exact) mass is 260 g/mol. The van der Waals surface area contributed by atoms with Crippen LogP contribution >= 0.6 is 0 Å². The lowest BCUT2D eigenvalue weighted by Crippen LogP contribution is -2.38. The second-order valence-electron chi connectivity index (χ2n) is 5.64. The van der Waals surface area contributed by atoms with Gasteiger partial charge in [0.2, 0.25) is 0 Å².